The molecule has 0 aliphatic rings. The Balaban J connectivity index is 2.26. The summed E-state index contributed by atoms with van der Waals surface area (Å²) in [5.74, 6) is 0.0595. The lowest BCUT2D eigenvalue weighted by Gasteiger charge is -2.19. The molecule has 0 radical (unpaired) electrons. The van der Waals surface area contributed by atoms with Gasteiger partial charge in [-0.15, -0.1) is 0 Å². The highest BCUT2D eigenvalue weighted by atomic mass is 16.1. The van der Waals surface area contributed by atoms with Crippen LogP contribution >= 0.6 is 0 Å². The Kier molecular flexibility index (Phi) is 4.65. The predicted molar refractivity (Wildman–Crippen MR) is 91.8 cm³/mol. The molecule has 116 valence electrons. The van der Waals surface area contributed by atoms with Gasteiger partial charge in [-0.1, -0.05) is 26.8 Å². The highest BCUT2D eigenvalue weighted by molar-refractivity contribution is 5.93. The van der Waals surface area contributed by atoms with Crippen molar-refractivity contribution in [3.05, 3.63) is 47.7 Å². The Morgan fingerprint density at radius 2 is 1.77 bits per heavy atom. The van der Waals surface area contributed by atoms with Gasteiger partial charge < -0.3 is 5.32 Å². The molecule has 1 N–H and O–H groups in total. The zero-order valence-electron chi connectivity index (χ0n) is 14.0. The summed E-state index contributed by atoms with van der Waals surface area (Å²) in [6.45, 7) is 10.2. The summed E-state index contributed by atoms with van der Waals surface area (Å²) in [6, 6.07) is 10.0. The number of carbonyl (C=O) groups excluding carboxylic acids is 1. The number of nitrogens with zero attached hydrogens (tertiary/aromatic N) is 1. The molecule has 1 heterocycles. The van der Waals surface area contributed by atoms with Gasteiger partial charge in [0.05, 0.1) is 5.69 Å². The first-order chi connectivity index (χ1) is 10.3. The molecule has 3 heteroatoms. The first-order valence-electron chi connectivity index (χ1n) is 7.59. The van der Waals surface area contributed by atoms with Gasteiger partial charge in [0.25, 0.3) is 0 Å². The zero-order chi connectivity index (χ0) is 16.3. The van der Waals surface area contributed by atoms with Gasteiger partial charge in [0.15, 0.2) is 0 Å². The largest absolute Gasteiger partial charge is 0.326 e. The predicted octanol–water partition coefficient (Wildman–Crippen LogP) is 4.74. The maximum Gasteiger partial charge on any atom is 0.224 e. The van der Waals surface area contributed by atoms with E-state index in [9.17, 15) is 4.79 Å². The number of benzene rings is 1. The number of hydrogen-bond acceptors (Lipinski definition) is 2. The van der Waals surface area contributed by atoms with E-state index < -0.39 is 0 Å². The van der Waals surface area contributed by atoms with Crippen LogP contribution in [-0.4, -0.2) is 10.9 Å². The van der Waals surface area contributed by atoms with E-state index in [1.165, 1.54) is 0 Å². The number of aromatic nitrogens is 1. The fourth-order valence-corrected chi connectivity index (χ4v) is 2.51. The molecular formula is C19H24N2O. The summed E-state index contributed by atoms with van der Waals surface area (Å²) in [7, 11) is 0. The molecule has 1 aromatic carbocycles. The fourth-order valence-electron chi connectivity index (χ4n) is 2.51. The summed E-state index contributed by atoms with van der Waals surface area (Å²) in [5.41, 5.74) is 5.03. The number of rotatable bonds is 3. The van der Waals surface area contributed by atoms with Crippen LogP contribution in [0.15, 0.2) is 36.5 Å². The van der Waals surface area contributed by atoms with E-state index in [-0.39, 0.29) is 11.3 Å². The Morgan fingerprint density at radius 1 is 1.14 bits per heavy atom. The first kappa shape index (κ1) is 16.2. The maximum absolute atomic E-state index is 12.2. The lowest BCUT2D eigenvalue weighted by atomic mass is 9.91. The van der Waals surface area contributed by atoms with Crippen LogP contribution in [0.25, 0.3) is 11.3 Å². The van der Waals surface area contributed by atoms with Gasteiger partial charge in [-0.3, -0.25) is 9.78 Å². The van der Waals surface area contributed by atoms with Gasteiger partial charge in [0.2, 0.25) is 5.91 Å². The van der Waals surface area contributed by atoms with Crippen molar-refractivity contribution in [3.63, 3.8) is 0 Å². The smallest absolute Gasteiger partial charge is 0.224 e. The topological polar surface area (TPSA) is 42.0 Å². The summed E-state index contributed by atoms with van der Waals surface area (Å²) in [4.78, 5) is 16.5. The van der Waals surface area contributed by atoms with E-state index in [0.717, 1.165) is 28.1 Å². The van der Waals surface area contributed by atoms with Gasteiger partial charge in [0, 0.05) is 23.9 Å². The summed E-state index contributed by atoms with van der Waals surface area (Å²) in [6.07, 6.45) is 2.30. The van der Waals surface area contributed by atoms with E-state index in [1.807, 2.05) is 32.0 Å². The summed E-state index contributed by atoms with van der Waals surface area (Å²) >= 11 is 0. The van der Waals surface area contributed by atoms with Crippen LogP contribution < -0.4 is 5.32 Å². The third kappa shape index (κ3) is 4.17. The monoisotopic (exact) mass is 296 g/mol. The van der Waals surface area contributed by atoms with Crippen molar-refractivity contribution < 1.29 is 4.79 Å². The van der Waals surface area contributed by atoms with Crippen molar-refractivity contribution in [2.45, 2.75) is 41.0 Å². The Bertz CT molecular complexity index is 647. The molecule has 0 saturated carbocycles. The third-order valence-corrected chi connectivity index (χ3v) is 3.45. The van der Waals surface area contributed by atoms with Crippen molar-refractivity contribution in [1.82, 2.24) is 4.98 Å². The minimum atomic E-state index is -0.0141. The molecule has 0 aliphatic heterocycles. The molecule has 2 rings (SSSR count). The lowest BCUT2D eigenvalue weighted by molar-refractivity contribution is -0.117. The molecule has 22 heavy (non-hydrogen) atoms. The maximum atomic E-state index is 12.2. The van der Waals surface area contributed by atoms with Gasteiger partial charge in [0.1, 0.15) is 0 Å². The minimum absolute atomic E-state index is 0.0141. The second-order valence-corrected chi connectivity index (χ2v) is 6.99. The molecule has 0 bridgehead atoms. The summed E-state index contributed by atoms with van der Waals surface area (Å²) in [5, 5.41) is 3.05. The SMILES string of the molecule is Cc1cc(-c2ccccn2)cc(C)c1NC(=O)CC(C)(C)C. The second-order valence-electron chi connectivity index (χ2n) is 6.99. The Labute approximate surface area is 132 Å². The average molecular weight is 296 g/mol. The van der Waals surface area contributed by atoms with E-state index in [1.54, 1.807) is 6.20 Å². The van der Waals surface area contributed by atoms with Gasteiger partial charge in [-0.25, -0.2) is 0 Å². The van der Waals surface area contributed by atoms with Gasteiger partial charge in [-0.05, 0) is 54.7 Å². The molecule has 3 nitrogen and oxygen atoms in total. The Hall–Kier alpha value is -2.16. The molecule has 0 unspecified atom stereocenters. The number of pyridine rings is 1. The molecule has 0 saturated heterocycles. The molecule has 1 aromatic heterocycles. The van der Waals surface area contributed by atoms with E-state index >= 15 is 0 Å². The van der Waals surface area contributed by atoms with Crippen molar-refractivity contribution in [2.75, 3.05) is 5.32 Å². The highest BCUT2D eigenvalue weighted by Gasteiger charge is 2.17. The number of nitrogens with one attached hydrogen (secondary N) is 1. The minimum Gasteiger partial charge on any atom is -0.326 e. The molecule has 0 aliphatic carbocycles. The van der Waals surface area contributed by atoms with Crippen molar-refractivity contribution in [1.29, 1.82) is 0 Å². The third-order valence-electron chi connectivity index (χ3n) is 3.45. The molecule has 1 amide bonds. The first-order valence-corrected chi connectivity index (χ1v) is 7.59. The van der Waals surface area contributed by atoms with E-state index in [2.05, 4.69) is 43.2 Å². The van der Waals surface area contributed by atoms with Crippen LogP contribution in [0.5, 0.6) is 0 Å². The second kappa shape index (κ2) is 6.30. The van der Waals surface area contributed by atoms with Crippen LogP contribution in [-0.2, 0) is 4.79 Å². The number of carbonyl (C=O) groups is 1. The molecule has 0 fully saturated rings. The standard InChI is InChI=1S/C19H24N2O/c1-13-10-15(16-8-6-7-9-20-16)11-14(2)18(13)21-17(22)12-19(3,4)5/h6-11H,12H2,1-5H3,(H,21,22). The van der Waals surface area contributed by atoms with Gasteiger partial charge >= 0.3 is 0 Å². The Morgan fingerprint density at radius 3 is 2.27 bits per heavy atom. The van der Waals surface area contributed by atoms with Crippen LogP contribution in [0, 0.1) is 19.3 Å². The van der Waals surface area contributed by atoms with E-state index in [4.69, 9.17) is 0 Å². The van der Waals surface area contributed by atoms with E-state index in [0.29, 0.717) is 6.42 Å². The number of amides is 1. The van der Waals surface area contributed by atoms with Crippen LogP contribution in [0.2, 0.25) is 0 Å². The fraction of sp³-hybridized carbons (Fsp3) is 0.368. The normalized spacial score (nSPS) is 11.3. The number of hydrogen-bond donors (Lipinski definition) is 1. The number of anilines is 1. The molecule has 0 spiro atoms. The molecule has 0 atom stereocenters. The van der Waals surface area contributed by atoms with Gasteiger partial charge in [-0.2, -0.15) is 0 Å². The molecular weight excluding hydrogens is 272 g/mol. The van der Waals surface area contributed by atoms with Crippen molar-refractivity contribution in [3.8, 4) is 11.3 Å². The van der Waals surface area contributed by atoms with Crippen molar-refractivity contribution in [2.24, 2.45) is 5.41 Å². The molecule has 2 aromatic rings. The average Bonchev–Trinajstić information content (AvgIpc) is 2.41. The van der Waals surface area contributed by atoms with Crippen LogP contribution in [0.1, 0.15) is 38.3 Å². The van der Waals surface area contributed by atoms with Crippen molar-refractivity contribution >= 4 is 11.6 Å². The zero-order valence-corrected chi connectivity index (χ0v) is 14.0. The highest BCUT2D eigenvalue weighted by Crippen LogP contribution is 2.28. The number of aryl methyl sites for hydroxylation is 2. The lowest BCUT2D eigenvalue weighted by Crippen LogP contribution is -2.20. The summed E-state index contributed by atoms with van der Waals surface area (Å²) < 4.78 is 0. The quantitative estimate of drug-likeness (QED) is 0.889. The van der Waals surface area contributed by atoms with Crippen LogP contribution in [0.4, 0.5) is 5.69 Å². The van der Waals surface area contributed by atoms with Crippen LogP contribution in [0.3, 0.4) is 0 Å².